The molecule has 2 rings (SSSR count). The van der Waals surface area contributed by atoms with Crippen molar-refractivity contribution in [3.05, 3.63) is 17.7 Å². The first-order valence-corrected chi connectivity index (χ1v) is 5.79. The molecule has 0 atom stereocenters. The van der Waals surface area contributed by atoms with Crippen LogP contribution in [-0.2, 0) is 4.79 Å². The highest BCUT2D eigenvalue weighted by Gasteiger charge is 2.20. The van der Waals surface area contributed by atoms with Gasteiger partial charge in [-0.15, -0.1) is 0 Å². The first-order valence-electron chi connectivity index (χ1n) is 5.79. The summed E-state index contributed by atoms with van der Waals surface area (Å²) < 4.78 is 10.2. The van der Waals surface area contributed by atoms with Crippen molar-refractivity contribution in [1.82, 2.24) is 10.6 Å². The summed E-state index contributed by atoms with van der Waals surface area (Å²) in [6, 6.07) is 2.69. The maximum absolute atomic E-state index is 11.8. The number of hydrogen-bond acceptors (Lipinski definition) is 5. The molecule has 0 spiro atoms. The van der Waals surface area contributed by atoms with Crippen LogP contribution in [-0.4, -0.2) is 36.8 Å². The molecule has 1 aliphatic rings. The third-order valence-electron chi connectivity index (χ3n) is 2.52. The molecule has 7 heteroatoms. The van der Waals surface area contributed by atoms with E-state index in [2.05, 4.69) is 10.6 Å². The zero-order valence-electron chi connectivity index (χ0n) is 10.4. The molecule has 0 saturated heterocycles. The van der Waals surface area contributed by atoms with Crippen molar-refractivity contribution >= 4 is 11.8 Å². The average molecular weight is 266 g/mol. The number of phenols is 1. The quantitative estimate of drug-likeness (QED) is 0.712. The lowest BCUT2D eigenvalue weighted by molar-refractivity contribution is -0.120. The Balaban J connectivity index is 2.05. The zero-order valence-corrected chi connectivity index (χ0v) is 10.4. The molecule has 0 bridgehead atoms. The molecule has 3 N–H and O–H groups in total. The van der Waals surface area contributed by atoms with Crippen LogP contribution in [0.4, 0.5) is 0 Å². The van der Waals surface area contributed by atoms with Gasteiger partial charge in [-0.3, -0.25) is 9.59 Å². The highest BCUT2D eigenvalue weighted by molar-refractivity contribution is 5.99. The topological polar surface area (TPSA) is 96.9 Å². The van der Waals surface area contributed by atoms with Gasteiger partial charge in [0.2, 0.25) is 12.7 Å². The molecule has 102 valence electrons. The van der Waals surface area contributed by atoms with Crippen molar-refractivity contribution in [1.29, 1.82) is 0 Å². The van der Waals surface area contributed by atoms with E-state index in [1.807, 2.05) is 0 Å². The Kier molecular flexibility index (Phi) is 3.74. The van der Waals surface area contributed by atoms with Crippen molar-refractivity contribution in [3.63, 3.8) is 0 Å². The second-order valence-electron chi connectivity index (χ2n) is 3.86. The molecule has 0 aromatic heterocycles. The monoisotopic (exact) mass is 266 g/mol. The lowest BCUT2D eigenvalue weighted by atomic mass is 10.1. The molecular formula is C12H14N2O5. The van der Waals surface area contributed by atoms with Gasteiger partial charge in [0.1, 0.15) is 5.75 Å². The number of hydrogen-bond donors (Lipinski definition) is 3. The predicted octanol–water partition coefficient (Wildman–Crippen LogP) is -0.0132. The standard InChI is InChI=1S/C12H14N2O5/c1-2-13-11(16)5-14-12(17)7-3-9-10(4-8(7)15)19-6-18-9/h3-4,15H,2,5-6H2,1H3,(H,13,16)(H,14,17). The number of ether oxygens (including phenoxy) is 2. The highest BCUT2D eigenvalue weighted by Crippen LogP contribution is 2.37. The molecule has 19 heavy (non-hydrogen) atoms. The van der Waals surface area contributed by atoms with Crippen LogP contribution in [0, 0.1) is 0 Å². The predicted molar refractivity (Wildman–Crippen MR) is 65.2 cm³/mol. The van der Waals surface area contributed by atoms with Crippen molar-refractivity contribution in [2.24, 2.45) is 0 Å². The fraction of sp³-hybridized carbons (Fsp3) is 0.333. The van der Waals surface area contributed by atoms with Crippen molar-refractivity contribution in [3.8, 4) is 17.2 Å². The Labute approximate surface area is 109 Å². The van der Waals surface area contributed by atoms with E-state index >= 15 is 0 Å². The highest BCUT2D eigenvalue weighted by atomic mass is 16.7. The second kappa shape index (κ2) is 5.47. The molecule has 0 aliphatic carbocycles. The van der Waals surface area contributed by atoms with Gasteiger partial charge in [0.25, 0.3) is 5.91 Å². The summed E-state index contributed by atoms with van der Waals surface area (Å²) in [7, 11) is 0. The summed E-state index contributed by atoms with van der Waals surface area (Å²) >= 11 is 0. The molecule has 7 nitrogen and oxygen atoms in total. The second-order valence-corrected chi connectivity index (χ2v) is 3.86. The Bertz CT molecular complexity index is 515. The maximum atomic E-state index is 11.8. The molecule has 0 unspecified atom stereocenters. The molecule has 1 heterocycles. The number of amides is 2. The minimum atomic E-state index is -0.554. The number of carbonyl (C=O) groups is 2. The fourth-order valence-electron chi connectivity index (χ4n) is 1.63. The van der Waals surface area contributed by atoms with Crippen molar-refractivity contribution in [2.75, 3.05) is 19.9 Å². The van der Waals surface area contributed by atoms with E-state index in [0.29, 0.717) is 18.0 Å². The third kappa shape index (κ3) is 2.87. The van der Waals surface area contributed by atoms with Gasteiger partial charge in [-0.25, -0.2) is 0 Å². The van der Waals surface area contributed by atoms with Gasteiger partial charge < -0.3 is 25.2 Å². The summed E-state index contributed by atoms with van der Waals surface area (Å²) in [5, 5.41) is 14.7. The smallest absolute Gasteiger partial charge is 0.255 e. The SMILES string of the molecule is CCNC(=O)CNC(=O)c1cc2c(cc1O)OCO2. The van der Waals surface area contributed by atoms with E-state index in [1.165, 1.54) is 12.1 Å². The number of rotatable bonds is 4. The Morgan fingerprint density at radius 3 is 2.63 bits per heavy atom. The van der Waals surface area contributed by atoms with E-state index in [-0.39, 0.29) is 30.6 Å². The minimum absolute atomic E-state index is 0.0357. The molecule has 0 fully saturated rings. The normalized spacial score (nSPS) is 12.1. The molecule has 2 amide bonds. The number of likely N-dealkylation sites (N-methyl/N-ethyl adjacent to an activating group) is 1. The van der Waals surface area contributed by atoms with Gasteiger partial charge >= 0.3 is 0 Å². The largest absolute Gasteiger partial charge is 0.507 e. The van der Waals surface area contributed by atoms with Crippen LogP contribution in [0.25, 0.3) is 0 Å². The van der Waals surface area contributed by atoms with Gasteiger partial charge in [0, 0.05) is 18.7 Å². The molecule has 1 aromatic rings. The van der Waals surface area contributed by atoms with Crippen LogP contribution >= 0.6 is 0 Å². The van der Waals surface area contributed by atoms with Crippen molar-refractivity contribution < 1.29 is 24.2 Å². The number of phenolic OH excluding ortho intramolecular Hbond substituents is 1. The first kappa shape index (κ1) is 13.0. The number of fused-ring (bicyclic) bond motifs is 1. The molecule has 0 saturated carbocycles. The Morgan fingerprint density at radius 1 is 1.26 bits per heavy atom. The van der Waals surface area contributed by atoms with E-state index in [1.54, 1.807) is 6.92 Å². The van der Waals surface area contributed by atoms with Crippen LogP contribution in [0.1, 0.15) is 17.3 Å². The maximum Gasteiger partial charge on any atom is 0.255 e. The van der Waals surface area contributed by atoms with Gasteiger partial charge in [-0.2, -0.15) is 0 Å². The summed E-state index contributed by atoms with van der Waals surface area (Å²) in [5.74, 6) is -0.297. The zero-order chi connectivity index (χ0) is 13.8. The summed E-state index contributed by atoms with van der Waals surface area (Å²) in [5.41, 5.74) is 0.0357. The molecular weight excluding hydrogens is 252 g/mol. The fourth-order valence-corrected chi connectivity index (χ4v) is 1.63. The lowest BCUT2D eigenvalue weighted by Gasteiger charge is -2.07. The molecule has 1 aromatic carbocycles. The summed E-state index contributed by atoms with van der Waals surface area (Å²) in [6.45, 7) is 2.17. The van der Waals surface area contributed by atoms with Gasteiger partial charge in [0.05, 0.1) is 12.1 Å². The van der Waals surface area contributed by atoms with Gasteiger partial charge in [0.15, 0.2) is 11.5 Å². The van der Waals surface area contributed by atoms with Crippen LogP contribution < -0.4 is 20.1 Å². The van der Waals surface area contributed by atoms with E-state index < -0.39 is 5.91 Å². The van der Waals surface area contributed by atoms with Gasteiger partial charge in [-0.05, 0) is 6.92 Å². The molecule has 1 aliphatic heterocycles. The number of nitrogens with one attached hydrogen (secondary N) is 2. The van der Waals surface area contributed by atoms with Gasteiger partial charge in [-0.1, -0.05) is 0 Å². The number of carbonyl (C=O) groups excluding carboxylic acids is 2. The number of aromatic hydroxyl groups is 1. The van der Waals surface area contributed by atoms with Crippen LogP contribution in [0.15, 0.2) is 12.1 Å². The molecule has 0 radical (unpaired) electrons. The average Bonchev–Trinajstić information content (AvgIpc) is 2.82. The van der Waals surface area contributed by atoms with Crippen LogP contribution in [0.3, 0.4) is 0 Å². The third-order valence-corrected chi connectivity index (χ3v) is 2.52. The number of benzene rings is 1. The summed E-state index contributed by atoms with van der Waals surface area (Å²) in [6.07, 6.45) is 0. The van der Waals surface area contributed by atoms with Crippen LogP contribution in [0.5, 0.6) is 17.2 Å². The van der Waals surface area contributed by atoms with E-state index in [4.69, 9.17) is 9.47 Å². The van der Waals surface area contributed by atoms with Crippen molar-refractivity contribution in [2.45, 2.75) is 6.92 Å². The van der Waals surface area contributed by atoms with E-state index in [0.717, 1.165) is 0 Å². The summed E-state index contributed by atoms with van der Waals surface area (Å²) in [4.78, 5) is 23.0. The Morgan fingerprint density at radius 2 is 1.95 bits per heavy atom. The first-order chi connectivity index (χ1) is 9.11. The van der Waals surface area contributed by atoms with Crippen LogP contribution in [0.2, 0.25) is 0 Å². The Hall–Kier alpha value is -2.44. The lowest BCUT2D eigenvalue weighted by Crippen LogP contribution is -2.36. The minimum Gasteiger partial charge on any atom is -0.507 e. The van der Waals surface area contributed by atoms with E-state index in [9.17, 15) is 14.7 Å².